The van der Waals surface area contributed by atoms with Gasteiger partial charge < -0.3 is 5.32 Å². The highest BCUT2D eigenvalue weighted by molar-refractivity contribution is 6.30. The zero-order valence-electron chi connectivity index (χ0n) is 14.9. The fourth-order valence-electron chi connectivity index (χ4n) is 6.13. The largest absolute Gasteiger partial charge is 0.347 e. The maximum absolute atomic E-state index is 13.3. The summed E-state index contributed by atoms with van der Waals surface area (Å²) in [6.07, 6.45) is 7.68. The molecule has 1 N–H and O–H groups in total. The van der Waals surface area contributed by atoms with E-state index in [0.717, 1.165) is 34.4 Å². The summed E-state index contributed by atoms with van der Waals surface area (Å²) >= 11 is 6.03. The van der Waals surface area contributed by atoms with E-state index in [2.05, 4.69) is 5.32 Å². The van der Waals surface area contributed by atoms with E-state index in [1.165, 1.54) is 38.5 Å². The first-order chi connectivity index (χ1) is 12.6. The molecule has 4 fully saturated rings. The molecule has 6 rings (SSSR count). The lowest BCUT2D eigenvalue weighted by Crippen LogP contribution is -2.59. The van der Waals surface area contributed by atoms with Crippen LogP contribution >= 0.6 is 11.6 Å². The quantitative estimate of drug-likeness (QED) is 0.742. The molecular formula is C23H24ClNO. The second kappa shape index (κ2) is 6.13. The highest BCUT2D eigenvalue weighted by Gasteiger charge is 2.51. The van der Waals surface area contributed by atoms with Crippen LogP contribution in [0.3, 0.4) is 0 Å². The predicted octanol–water partition coefficient (Wildman–Crippen LogP) is 5.71. The number of halogens is 1. The summed E-state index contributed by atoms with van der Waals surface area (Å²) in [5.74, 6) is 2.56. The van der Waals surface area contributed by atoms with Crippen molar-refractivity contribution >= 4 is 17.5 Å². The van der Waals surface area contributed by atoms with Crippen LogP contribution in [0.4, 0.5) is 0 Å². The summed E-state index contributed by atoms with van der Waals surface area (Å²) in [7, 11) is 0. The van der Waals surface area contributed by atoms with Crippen molar-refractivity contribution in [3.8, 4) is 11.1 Å². The van der Waals surface area contributed by atoms with Crippen LogP contribution in [0.1, 0.15) is 48.9 Å². The fourth-order valence-corrected chi connectivity index (χ4v) is 6.26. The third kappa shape index (κ3) is 2.85. The molecule has 0 saturated heterocycles. The van der Waals surface area contributed by atoms with Crippen LogP contribution < -0.4 is 5.32 Å². The SMILES string of the molecule is O=C(NC12CC3CC(CC(C3)C1)C2)c1ccccc1-c1ccc(Cl)cc1. The molecule has 134 valence electrons. The van der Waals surface area contributed by atoms with E-state index < -0.39 is 0 Å². The number of benzene rings is 2. The van der Waals surface area contributed by atoms with Gasteiger partial charge in [-0.15, -0.1) is 0 Å². The number of carbonyl (C=O) groups excluding carboxylic acids is 1. The van der Waals surface area contributed by atoms with Crippen LogP contribution in [0, 0.1) is 17.8 Å². The van der Waals surface area contributed by atoms with Gasteiger partial charge in [-0.3, -0.25) is 4.79 Å². The third-order valence-corrected chi connectivity index (χ3v) is 7.00. The minimum absolute atomic E-state index is 0.0406. The minimum atomic E-state index is 0.0406. The Bertz CT molecular complexity index is 806. The Morgan fingerprint density at radius 2 is 1.46 bits per heavy atom. The minimum Gasteiger partial charge on any atom is -0.347 e. The van der Waals surface area contributed by atoms with E-state index in [1.807, 2.05) is 48.5 Å². The maximum atomic E-state index is 13.3. The Morgan fingerprint density at radius 3 is 2.08 bits per heavy atom. The molecule has 2 aromatic carbocycles. The molecule has 0 unspecified atom stereocenters. The van der Waals surface area contributed by atoms with Crippen LogP contribution in [0.2, 0.25) is 5.02 Å². The molecule has 4 aliphatic rings. The summed E-state index contributed by atoms with van der Waals surface area (Å²) < 4.78 is 0. The standard InChI is InChI=1S/C23H24ClNO/c24-19-7-5-18(6-8-19)20-3-1-2-4-21(20)22(26)25-23-12-15-9-16(13-23)11-17(10-15)14-23/h1-8,15-17H,9-14H2,(H,25,26). The maximum Gasteiger partial charge on any atom is 0.252 e. The molecule has 1 amide bonds. The van der Waals surface area contributed by atoms with E-state index in [-0.39, 0.29) is 11.4 Å². The second-order valence-corrected chi connectivity index (χ2v) is 9.14. The number of rotatable bonds is 3. The first-order valence-corrected chi connectivity index (χ1v) is 10.2. The average Bonchev–Trinajstić information content (AvgIpc) is 2.61. The second-order valence-electron chi connectivity index (χ2n) is 8.70. The molecule has 4 saturated carbocycles. The zero-order valence-corrected chi connectivity index (χ0v) is 15.6. The molecular weight excluding hydrogens is 342 g/mol. The van der Waals surface area contributed by atoms with Crippen LogP contribution in [0.25, 0.3) is 11.1 Å². The third-order valence-electron chi connectivity index (χ3n) is 6.74. The average molecular weight is 366 g/mol. The van der Waals surface area contributed by atoms with Gasteiger partial charge in [-0.2, -0.15) is 0 Å². The lowest BCUT2D eigenvalue weighted by molar-refractivity contribution is -0.0166. The van der Waals surface area contributed by atoms with Gasteiger partial charge in [0.2, 0.25) is 0 Å². The molecule has 4 aliphatic carbocycles. The molecule has 0 radical (unpaired) electrons. The lowest BCUT2D eigenvalue weighted by atomic mass is 9.53. The van der Waals surface area contributed by atoms with Crippen molar-refractivity contribution in [2.24, 2.45) is 17.8 Å². The Hall–Kier alpha value is -1.80. The Morgan fingerprint density at radius 1 is 0.885 bits per heavy atom. The monoisotopic (exact) mass is 365 g/mol. The van der Waals surface area contributed by atoms with Crippen molar-refractivity contribution in [1.29, 1.82) is 0 Å². The van der Waals surface area contributed by atoms with Crippen LogP contribution in [-0.2, 0) is 0 Å². The Kier molecular flexibility index (Phi) is 3.86. The molecule has 4 bridgehead atoms. The van der Waals surface area contributed by atoms with Crippen molar-refractivity contribution in [3.05, 3.63) is 59.1 Å². The fraction of sp³-hybridized carbons (Fsp3) is 0.435. The number of nitrogens with one attached hydrogen (secondary N) is 1. The van der Waals surface area contributed by atoms with Crippen molar-refractivity contribution in [2.75, 3.05) is 0 Å². The summed E-state index contributed by atoms with van der Waals surface area (Å²) in [6, 6.07) is 15.6. The van der Waals surface area contributed by atoms with E-state index in [9.17, 15) is 4.79 Å². The van der Waals surface area contributed by atoms with Gasteiger partial charge in [-0.25, -0.2) is 0 Å². The highest BCUT2D eigenvalue weighted by atomic mass is 35.5. The molecule has 2 nitrogen and oxygen atoms in total. The summed E-state index contributed by atoms with van der Waals surface area (Å²) in [5, 5.41) is 4.21. The van der Waals surface area contributed by atoms with Gasteiger partial charge in [-0.05, 0) is 85.6 Å². The van der Waals surface area contributed by atoms with Gasteiger partial charge in [0.25, 0.3) is 5.91 Å². The van der Waals surface area contributed by atoms with Crippen LogP contribution in [0.5, 0.6) is 0 Å². The normalized spacial score (nSPS) is 31.8. The molecule has 0 spiro atoms. The van der Waals surface area contributed by atoms with Gasteiger partial charge in [-0.1, -0.05) is 41.9 Å². The van der Waals surface area contributed by atoms with Crippen LogP contribution in [0.15, 0.2) is 48.5 Å². The number of carbonyl (C=O) groups is 1. The van der Waals surface area contributed by atoms with Crippen molar-refractivity contribution in [2.45, 2.75) is 44.1 Å². The molecule has 2 aromatic rings. The topological polar surface area (TPSA) is 29.1 Å². The van der Waals surface area contributed by atoms with Crippen LogP contribution in [-0.4, -0.2) is 11.4 Å². The molecule has 0 atom stereocenters. The molecule has 0 aliphatic heterocycles. The summed E-state index contributed by atoms with van der Waals surface area (Å²) in [4.78, 5) is 13.3. The van der Waals surface area contributed by atoms with E-state index in [1.54, 1.807) is 0 Å². The van der Waals surface area contributed by atoms with E-state index in [0.29, 0.717) is 5.02 Å². The Balaban J connectivity index is 1.44. The molecule has 0 aromatic heterocycles. The van der Waals surface area contributed by atoms with Gasteiger partial charge in [0, 0.05) is 16.1 Å². The number of hydrogen-bond donors (Lipinski definition) is 1. The molecule has 0 heterocycles. The van der Waals surface area contributed by atoms with Gasteiger partial charge in [0.15, 0.2) is 0 Å². The van der Waals surface area contributed by atoms with Gasteiger partial charge in [0.05, 0.1) is 0 Å². The first kappa shape index (κ1) is 16.4. The van der Waals surface area contributed by atoms with Gasteiger partial charge in [0.1, 0.15) is 0 Å². The van der Waals surface area contributed by atoms with Gasteiger partial charge >= 0.3 is 0 Å². The smallest absolute Gasteiger partial charge is 0.252 e. The summed E-state index contributed by atoms with van der Waals surface area (Å²) in [6.45, 7) is 0. The highest BCUT2D eigenvalue weighted by Crippen LogP contribution is 2.55. The molecule has 26 heavy (non-hydrogen) atoms. The Labute approximate surface area is 160 Å². The lowest BCUT2D eigenvalue weighted by Gasteiger charge is -2.56. The zero-order chi connectivity index (χ0) is 17.7. The first-order valence-electron chi connectivity index (χ1n) is 9.78. The predicted molar refractivity (Wildman–Crippen MR) is 105 cm³/mol. The molecule has 3 heteroatoms. The van der Waals surface area contributed by atoms with E-state index >= 15 is 0 Å². The van der Waals surface area contributed by atoms with E-state index in [4.69, 9.17) is 11.6 Å². The van der Waals surface area contributed by atoms with Crippen molar-refractivity contribution in [1.82, 2.24) is 5.32 Å². The number of amides is 1. The number of hydrogen-bond acceptors (Lipinski definition) is 1. The van der Waals surface area contributed by atoms with Crippen molar-refractivity contribution < 1.29 is 4.79 Å². The summed E-state index contributed by atoms with van der Waals surface area (Å²) in [5.41, 5.74) is 2.82. The van der Waals surface area contributed by atoms with Crippen molar-refractivity contribution in [3.63, 3.8) is 0 Å².